The van der Waals surface area contributed by atoms with E-state index in [9.17, 15) is 14.0 Å². The van der Waals surface area contributed by atoms with E-state index in [-0.39, 0.29) is 17.4 Å². The predicted molar refractivity (Wildman–Crippen MR) is 102 cm³/mol. The molecule has 28 heavy (non-hydrogen) atoms. The van der Waals surface area contributed by atoms with Crippen molar-refractivity contribution in [1.29, 1.82) is 0 Å². The van der Waals surface area contributed by atoms with E-state index >= 15 is 0 Å². The largest absolute Gasteiger partial charge is 0.497 e. The molecule has 3 rings (SSSR count). The molecule has 0 atom stereocenters. The number of carbonyl (C=O) groups excluding carboxylic acids is 2. The minimum absolute atomic E-state index is 0.0554. The predicted octanol–water partition coefficient (Wildman–Crippen LogP) is 2.83. The van der Waals surface area contributed by atoms with Gasteiger partial charge in [0.1, 0.15) is 17.3 Å². The first kappa shape index (κ1) is 19.7. The van der Waals surface area contributed by atoms with Gasteiger partial charge in [-0.25, -0.2) is 4.39 Å². The number of nitrogens with zero attached hydrogens (tertiary/aromatic N) is 2. The summed E-state index contributed by atoms with van der Waals surface area (Å²) >= 11 is 0. The van der Waals surface area contributed by atoms with Gasteiger partial charge in [-0.15, -0.1) is 0 Å². The van der Waals surface area contributed by atoms with Crippen molar-refractivity contribution in [3.05, 3.63) is 59.4 Å². The second-order valence-electron chi connectivity index (χ2n) is 6.52. The maximum absolute atomic E-state index is 13.9. The van der Waals surface area contributed by atoms with Crippen molar-refractivity contribution in [2.75, 3.05) is 40.4 Å². The lowest BCUT2D eigenvalue weighted by Crippen LogP contribution is -2.37. The Morgan fingerprint density at radius 1 is 0.857 bits per heavy atom. The number of benzene rings is 2. The van der Waals surface area contributed by atoms with E-state index in [4.69, 9.17) is 9.47 Å². The fourth-order valence-electron chi connectivity index (χ4n) is 3.24. The molecule has 1 saturated heterocycles. The highest BCUT2D eigenvalue weighted by Crippen LogP contribution is 2.24. The van der Waals surface area contributed by atoms with Crippen LogP contribution in [0, 0.1) is 5.82 Å². The quantitative estimate of drug-likeness (QED) is 0.811. The van der Waals surface area contributed by atoms with E-state index in [1.165, 1.54) is 26.4 Å². The van der Waals surface area contributed by atoms with Crippen LogP contribution in [0.15, 0.2) is 42.5 Å². The summed E-state index contributed by atoms with van der Waals surface area (Å²) in [4.78, 5) is 28.9. The summed E-state index contributed by atoms with van der Waals surface area (Å²) in [5.74, 6) is 0.0313. The average Bonchev–Trinajstić information content (AvgIpc) is 2.99. The Kier molecular flexibility index (Phi) is 6.13. The van der Waals surface area contributed by atoms with Crippen LogP contribution in [0.3, 0.4) is 0 Å². The van der Waals surface area contributed by atoms with Gasteiger partial charge in [-0.2, -0.15) is 0 Å². The van der Waals surface area contributed by atoms with Crippen molar-refractivity contribution in [2.45, 2.75) is 6.42 Å². The van der Waals surface area contributed by atoms with Gasteiger partial charge in [0, 0.05) is 37.8 Å². The van der Waals surface area contributed by atoms with E-state index in [1.807, 2.05) is 0 Å². The highest BCUT2D eigenvalue weighted by molar-refractivity contribution is 5.96. The van der Waals surface area contributed by atoms with Gasteiger partial charge in [-0.1, -0.05) is 12.1 Å². The van der Waals surface area contributed by atoms with Crippen LogP contribution in [0.25, 0.3) is 0 Å². The van der Waals surface area contributed by atoms with E-state index in [2.05, 4.69) is 0 Å². The number of methoxy groups -OCH3 is 2. The summed E-state index contributed by atoms with van der Waals surface area (Å²) in [5, 5.41) is 0. The zero-order valence-corrected chi connectivity index (χ0v) is 16.0. The average molecular weight is 386 g/mol. The SMILES string of the molecule is COc1cc(OC)cc(C(=O)N2CCCN(C(=O)c3ccccc3F)CC2)c1. The molecule has 0 spiro atoms. The third kappa shape index (κ3) is 4.24. The summed E-state index contributed by atoms with van der Waals surface area (Å²) in [6.45, 7) is 1.70. The van der Waals surface area contributed by atoms with Crippen molar-refractivity contribution in [2.24, 2.45) is 0 Å². The highest BCUT2D eigenvalue weighted by atomic mass is 19.1. The van der Waals surface area contributed by atoms with Crippen LogP contribution in [-0.4, -0.2) is 62.0 Å². The molecular formula is C21H23FN2O4. The molecule has 1 aliphatic rings. The minimum Gasteiger partial charge on any atom is -0.497 e. The summed E-state index contributed by atoms with van der Waals surface area (Å²) in [5.41, 5.74) is 0.518. The van der Waals surface area contributed by atoms with Crippen LogP contribution in [0.1, 0.15) is 27.1 Å². The van der Waals surface area contributed by atoms with E-state index in [0.717, 1.165) is 0 Å². The summed E-state index contributed by atoms with van der Waals surface area (Å²) in [7, 11) is 3.06. The summed E-state index contributed by atoms with van der Waals surface area (Å²) in [6.07, 6.45) is 0.618. The van der Waals surface area contributed by atoms with Crippen LogP contribution in [0.5, 0.6) is 11.5 Å². The van der Waals surface area contributed by atoms with Crippen molar-refractivity contribution in [3.63, 3.8) is 0 Å². The number of halogens is 1. The normalized spacial score (nSPS) is 14.4. The Labute approximate surface area is 163 Å². The van der Waals surface area contributed by atoms with E-state index in [1.54, 1.807) is 40.1 Å². The molecular weight excluding hydrogens is 363 g/mol. The number of hydrogen-bond donors (Lipinski definition) is 0. The van der Waals surface area contributed by atoms with Crippen molar-refractivity contribution >= 4 is 11.8 Å². The number of ether oxygens (including phenoxy) is 2. The zero-order chi connectivity index (χ0) is 20.1. The summed E-state index contributed by atoms with van der Waals surface area (Å²) in [6, 6.07) is 11.0. The minimum atomic E-state index is -0.534. The number of carbonyl (C=O) groups is 2. The smallest absolute Gasteiger partial charge is 0.256 e. The first-order chi connectivity index (χ1) is 13.5. The number of hydrogen-bond acceptors (Lipinski definition) is 4. The van der Waals surface area contributed by atoms with Crippen LogP contribution < -0.4 is 9.47 Å². The Morgan fingerprint density at radius 2 is 1.43 bits per heavy atom. The van der Waals surface area contributed by atoms with Crippen LogP contribution in [0.4, 0.5) is 4.39 Å². The third-order valence-electron chi connectivity index (χ3n) is 4.77. The number of rotatable bonds is 4. The lowest BCUT2D eigenvalue weighted by Gasteiger charge is -2.23. The third-order valence-corrected chi connectivity index (χ3v) is 4.77. The van der Waals surface area contributed by atoms with Gasteiger partial charge in [0.05, 0.1) is 19.8 Å². The molecule has 0 bridgehead atoms. The molecule has 1 fully saturated rings. The van der Waals surface area contributed by atoms with Gasteiger partial charge in [-0.3, -0.25) is 9.59 Å². The Balaban J connectivity index is 1.72. The molecule has 1 aliphatic heterocycles. The Hall–Kier alpha value is -3.09. The molecule has 2 aromatic rings. The van der Waals surface area contributed by atoms with Gasteiger partial charge in [0.2, 0.25) is 0 Å². The molecule has 2 aromatic carbocycles. The number of amides is 2. The van der Waals surface area contributed by atoms with Crippen molar-refractivity contribution < 1.29 is 23.5 Å². The molecule has 6 nitrogen and oxygen atoms in total. The van der Waals surface area contributed by atoms with Gasteiger partial charge in [0.15, 0.2) is 0 Å². The molecule has 148 valence electrons. The lowest BCUT2D eigenvalue weighted by molar-refractivity contribution is 0.0716. The van der Waals surface area contributed by atoms with E-state index in [0.29, 0.717) is 49.7 Å². The van der Waals surface area contributed by atoms with Gasteiger partial charge < -0.3 is 19.3 Å². The highest BCUT2D eigenvalue weighted by Gasteiger charge is 2.25. The molecule has 0 unspecified atom stereocenters. The monoisotopic (exact) mass is 386 g/mol. The van der Waals surface area contributed by atoms with Gasteiger partial charge >= 0.3 is 0 Å². The lowest BCUT2D eigenvalue weighted by atomic mass is 10.1. The second-order valence-corrected chi connectivity index (χ2v) is 6.52. The Morgan fingerprint density at radius 3 is 2.00 bits per heavy atom. The molecule has 0 N–H and O–H groups in total. The maximum atomic E-state index is 13.9. The molecule has 2 amide bonds. The summed E-state index contributed by atoms with van der Waals surface area (Å²) < 4.78 is 24.4. The molecule has 0 radical (unpaired) electrons. The second kappa shape index (κ2) is 8.73. The molecule has 1 heterocycles. The van der Waals surface area contributed by atoms with Gasteiger partial charge in [-0.05, 0) is 30.7 Å². The molecule has 0 aliphatic carbocycles. The Bertz CT molecular complexity index is 849. The molecule has 7 heteroatoms. The first-order valence-electron chi connectivity index (χ1n) is 9.09. The van der Waals surface area contributed by atoms with Crippen LogP contribution in [0.2, 0.25) is 0 Å². The standard InChI is InChI=1S/C21H23FN2O4/c1-27-16-12-15(13-17(14-16)28-2)20(25)23-8-5-9-24(11-10-23)21(26)18-6-3-4-7-19(18)22/h3-4,6-7,12-14H,5,8-11H2,1-2H3. The topological polar surface area (TPSA) is 59.1 Å². The first-order valence-corrected chi connectivity index (χ1v) is 9.09. The van der Waals surface area contributed by atoms with E-state index < -0.39 is 5.82 Å². The fourth-order valence-corrected chi connectivity index (χ4v) is 3.24. The van der Waals surface area contributed by atoms with Crippen LogP contribution >= 0.6 is 0 Å². The van der Waals surface area contributed by atoms with Crippen molar-refractivity contribution in [1.82, 2.24) is 9.80 Å². The molecule has 0 saturated carbocycles. The zero-order valence-electron chi connectivity index (χ0n) is 16.0. The maximum Gasteiger partial charge on any atom is 0.256 e. The van der Waals surface area contributed by atoms with Crippen molar-refractivity contribution in [3.8, 4) is 11.5 Å². The van der Waals surface area contributed by atoms with Crippen LogP contribution in [-0.2, 0) is 0 Å². The molecule has 0 aromatic heterocycles. The van der Waals surface area contributed by atoms with Gasteiger partial charge in [0.25, 0.3) is 11.8 Å². The fraction of sp³-hybridized carbons (Fsp3) is 0.333.